The molecule has 24 heavy (non-hydrogen) atoms. The van der Waals surface area contributed by atoms with Crippen molar-refractivity contribution in [1.29, 1.82) is 0 Å². The molecule has 124 valence electrons. The molecule has 5 nitrogen and oxygen atoms in total. The molecule has 3 rings (SSSR count). The number of ether oxygens (including phenoxy) is 1. The van der Waals surface area contributed by atoms with E-state index in [2.05, 4.69) is 10.3 Å². The standard InChI is InChI=1S/C17H15Cl2N3O2/c18-12-6-7-14(13(19)10-12)24-9-3-5-17(23)21-15-11-22-8-2-1-4-16(22)20-15/h1-2,4,6-8,10-11H,3,5,9H2,(H,21,23). The maximum absolute atomic E-state index is 12.0. The lowest BCUT2D eigenvalue weighted by molar-refractivity contribution is -0.116. The number of hydrogen-bond donors (Lipinski definition) is 1. The summed E-state index contributed by atoms with van der Waals surface area (Å²) in [4.78, 5) is 16.3. The van der Waals surface area contributed by atoms with E-state index in [0.717, 1.165) is 5.65 Å². The third kappa shape index (κ3) is 4.19. The quantitative estimate of drug-likeness (QED) is 0.658. The van der Waals surface area contributed by atoms with Crippen LogP contribution in [0.25, 0.3) is 5.65 Å². The average molecular weight is 364 g/mol. The summed E-state index contributed by atoms with van der Waals surface area (Å²) < 4.78 is 7.40. The number of benzene rings is 1. The van der Waals surface area contributed by atoms with E-state index >= 15 is 0 Å². The number of nitrogens with one attached hydrogen (secondary N) is 1. The summed E-state index contributed by atoms with van der Waals surface area (Å²) in [5.41, 5.74) is 0.786. The maximum Gasteiger partial charge on any atom is 0.225 e. The Bertz CT molecular complexity index is 831. The molecule has 0 unspecified atom stereocenters. The molecule has 0 fully saturated rings. The van der Waals surface area contributed by atoms with Crippen molar-refractivity contribution in [2.24, 2.45) is 0 Å². The molecular weight excluding hydrogens is 349 g/mol. The monoisotopic (exact) mass is 363 g/mol. The summed E-state index contributed by atoms with van der Waals surface area (Å²) in [6.45, 7) is 0.389. The van der Waals surface area contributed by atoms with E-state index in [1.54, 1.807) is 24.4 Å². The van der Waals surface area contributed by atoms with Gasteiger partial charge in [0.2, 0.25) is 5.91 Å². The minimum Gasteiger partial charge on any atom is -0.492 e. The van der Waals surface area contributed by atoms with Crippen LogP contribution in [0, 0.1) is 0 Å². The van der Waals surface area contributed by atoms with E-state index in [-0.39, 0.29) is 5.91 Å². The fourth-order valence-electron chi connectivity index (χ4n) is 2.21. The zero-order valence-electron chi connectivity index (χ0n) is 12.7. The Morgan fingerprint density at radius 2 is 2.12 bits per heavy atom. The Labute approximate surface area is 149 Å². The summed E-state index contributed by atoms with van der Waals surface area (Å²) in [5, 5.41) is 3.79. The predicted molar refractivity (Wildman–Crippen MR) is 95.0 cm³/mol. The first-order chi connectivity index (χ1) is 11.6. The number of anilines is 1. The highest BCUT2D eigenvalue weighted by Gasteiger charge is 2.07. The number of carbonyl (C=O) groups is 1. The number of amides is 1. The second kappa shape index (κ2) is 7.55. The van der Waals surface area contributed by atoms with Crippen LogP contribution in [0.2, 0.25) is 10.0 Å². The van der Waals surface area contributed by atoms with Gasteiger partial charge in [0.25, 0.3) is 0 Å². The van der Waals surface area contributed by atoms with Crippen LogP contribution >= 0.6 is 23.2 Å². The Morgan fingerprint density at radius 1 is 1.25 bits per heavy atom. The van der Waals surface area contributed by atoms with Crippen LogP contribution in [0.3, 0.4) is 0 Å². The second-order valence-corrected chi connectivity index (χ2v) is 6.01. The van der Waals surface area contributed by atoms with Gasteiger partial charge in [-0.05, 0) is 36.8 Å². The van der Waals surface area contributed by atoms with Crippen LogP contribution in [0.1, 0.15) is 12.8 Å². The highest BCUT2D eigenvalue weighted by atomic mass is 35.5. The third-order valence-corrected chi connectivity index (χ3v) is 3.86. The molecule has 0 atom stereocenters. The van der Waals surface area contributed by atoms with Crippen molar-refractivity contribution in [3.63, 3.8) is 0 Å². The smallest absolute Gasteiger partial charge is 0.225 e. The zero-order chi connectivity index (χ0) is 16.9. The topological polar surface area (TPSA) is 55.6 Å². The van der Waals surface area contributed by atoms with E-state index in [4.69, 9.17) is 27.9 Å². The third-order valence-electron chi connectivity index (χ3n) is 3.33. The molecule has 3 aromatic rings. The normalized spacial score (nSPS) is 10.8. The Kier molecular flexibility index (Phi) is 5.23. The van der Waals surface area contributed by atoms with E-state index in [9.17, 15) is 4.79 Å². The van der Waals surface area contributed by atoms with Crippen LogP contribution in [-0.4, -0.2) is 21.9 Å². The SMILES string of the molecule is O=C(CCCOc1ccc(Cl)cc1Cl)Nc1cn2ccccc2n1. The van der Waals surface area contributed by atoms with E-state index in [0.29, 0.717) is 41.1 Å². The van der Waals surface area contributed by atoms with Crippen LogP contribution in [0.5, 0.6) is 5.75 Å². The van der Waals surface area contributed by atoms with Crippen LogP contribution in [0.15, 0.2) is 48.8 Å². The summed E-state index contributed by atoms with van der Waals surface area (Å²) in [6, 6.07) is 10.7. The summed E-state index contributed by atoms with van der Waals surface area (Å²) >= 11 is 11.8. The maximum atomic E-state index is 12.0. The molecule has 0 bridgehead atoms. The van der Waals surface area contributed by atoms with Crippen molar-refractivity contribution in [2.75, 3.05) is 11.9 Å². The predicted octanol–water partition coefficient (Wildman–Crippen LogP) is 4.44. The van der Waals surface area contributed by atoms with Gasteiger partial charge in [-0.2, -0.15) is 0 Å². The van der Waals surface area contributed by atoms with Gasteiger partial charge in [0, 0.05) is 17.6 Å². The lowest BCUT2D eigenvalue weighted by atomic mass is 10.3. The van der Waals surface area contributed by atoms with Gasteiger partial charge in [-0.25, -0.2) is 4.98 Å². The lowest BCUT2D eigenvalue weighted by Crippen LogP contribution is -2.13. The molecule has 7 heteroatoms. The number of aromatic nitrogens is 2. The number of imidazole rings is 1. The number of halogens is 2. The summed E-state index contributed by atoms with van der Waals surface area (Å²) in [7, 11) is 0. The number of pyridine rings is 1. The fraction of sp³-hybridized carbons (Fsp3) is 0.176. The van der Waals surface area contributed by atoms with Crippen molar-refractivity contribution in [3.8, 4) is 5.75 Å². The van der Waals surface area contributed by atoms with Crippen molar-refractivity contribution in [2.45, 2.75) is 12.8 Å². The molecule has 2 aromatic heterocycles. The second-order valence-electron chi connectivity index (χ2n) is 5.17. The van der Waals surface area contributed by atoms with Crippen LogP contribution < -0.4 is 10.1 Å². The molecular formula is C17H15Cl2N3O2. The largest absolute Gasteiger partial charge is 0.492 e. The molecule has 2 heterocycles. The first-order valence-corrected chi connectivity index (χ1v) is 8.19. The van der Waals surface area contributed by atoms with Crippen molar-refractivity contribution in [3.05, 3.63) is 58.8 Å². The zero-order valence-corrected chi connectivity index (χ0v) is 14.2. The molecule has 0 aliphatic carbocycles. The minimum absolute atomic E-state index is 0.107. The Balaban J connectivity index is 1.45. The van der Waals surface area contributed by atoms with Gasteiger partial charge in [0.15, 0.2) is 5.82 Å². The summed E-state index contributed by atoms with van der Waals surface area (Å²) in [5.74, 6) is 0.985. The van der Waals surface area contributed by atoms with Crippen LogP contribution in [0.4, 0.5) is 5.82 Å². The Morgan fingerprint density at radius 3 is 2.92 bits per heavy atom. The number of carbonyl (C=O) groups excluding carboxylic acids is 1. The molecule has 0 aliphatic rings. The lowest BCUT2D eigenvalue weighted by Gasteiger charge is -2.08. The van der Waals surface area contributed by atoms with Gasteiger partial charge >= 0.3 is 0 Å². The van der Waals surface area contributed by atoms with Crippen molar-refractivity contribution in [1.82, 2.24) is 9.38 Å². The molecule has 1 amide bonds. The molecule has 0 aliphatic heterocycles. The number of rotatable bonds is 6. The number of nitrogens with zero attached hydrogens (tertiary/aromatic N) is 2. The van der Waals surface area contributed by atoms with Crippen molar-refractivity contribution >= 4 is 40.6 Å². The number of hydrogen-bond acceptors (Lipinski definition) is 3. The minimum atomic E-state index is -0.107. The van der Waals surface area contributed by atoms with Crippen LogP contribution in [-0.2, 0) is 4.79 Å². The van der Waals surface area contributed by atoms with Gasteiger partial charge in [-0.15, -0.1) is 0 Å². The van der Waals surface area contributed by atoms with E-state index < -0.39 is 0 Å². The van der Waals surface area contributed by atoms with Gasteiger partial charge in [0.1, 0.15) is 11.4 Å². The molecule has 0 spiro atoms. The first-order valence-electron chi connectivity index (χ1n) is 7.43. The molecule has 1 N–H and O–H groups in total. The Hall–Kier alpha value is -2.24. The average Bonchev–Trinajstić information content (AvgIpc) is 2.95. The summed E-state index contributed by atoms with van der Waals surface area (Å²) in [6.07, 6.45) is 4.55. The molecule has 0 radical (unpaired) electrons. The molecule has 1 aromatic carbocycles. The van der Waals surface area contributed by atoms with E-state index in [1.807, 2.05) is 28.8 Å². The highest BCUT2D eigenvalue weighted by Crippen LogP contribution is 2.27. The molecule has 0 saturated heterocycles. The van der Waals surface area contributed by atoms with Gasteiger partial charge in [-0.3, -0.25) is 4.79 Å². The number of fused-ring (bicyclic) bond motifs is 1. The van der Waals surface area contributed by atoms with Crippen molar-refractivity contribution < 1.29 is 9.53 Å². The highest BCUT2D eigenvalue weighted by molar-refractivity contribution is 6.35. The van der Waals surface area contributed by atoms with Gasteiger partial charge < -0.3 is 14.5 Å². The fourth-order valence-corrected chi connectivity index (χ4v) is 2.67. The van der Waals surface area contributed by atoms with E-state index in [1.165, 1.54) is 0 Å². The molecule has 0 saturated carbocycles. The van der Waals surface area contributed by atoms with Gasteiger partial charge in [0.05, 0.1) is 17.8 Å². The first kappa shape index (κ1) is 16.6. The van der Waals surface area contributed by atoms with Gasteiger partial charge in [-0.1, -0.05) is 29.3 Å².